The van der Waals surface area contributed by atoms with Gasteiger partial charge in [0.15, 0.2) is 6.61 Å². The molecular weight excluding hydrogens is 494 g/mol. The molecule has 0 saturated carbocycles. The van der Waals surface area contributed by atoms with E-state index >= 15 is 0 Å². The molecule has 3 aromatic rings. The molecule has 1 aromatic heterocycles. The normalized spacial score (nSPS) is 11.7. The molecule has 0 bridgehead atoms. The number of alkyl halides is 6. The zero-order valence-corrected chi connectivity index (χ0v) is 18.9. The van der Waals surface area contributed by atoms with Gasteiger partial charge in [-0.25, -0.2) is 0 Å². The lowest BCUT2D eigenvalue weighted by Crippen LogP contribution is -2.21. The standard InChI is InChI=1S/C22H20F6N6O2/c1-34(2)17(35)14-8-6-13(7-9-14)11-29-18-31-19(33-20(32-18)36-12-21(23,24)25)30-16-5-3-4-15(10-16)22(26,27)28/h3-10H,11-12H2,1-2H3,(H2,29,30,31,32,33). The number of anilines is 3. The fraction of sp³-hybridized carbons (Fsp3) is 0.273. The molecule has 3 rings (SSSR count). The van der Waals surface area contributed by atoms with Crippen molar-refractivity contribution in [2.24, 2.45) is 0 Å². The lowest BCUT2D eigenvalue weighted by Gasteiger charge is -2.13. The number of nitrogens with zero attached hydrogens (tertiary/aromatic N) is 4. The summed E-state index contributed by atoms with van der Waals surface area (Å²) >= 11 is 0. The topological polar surface area (TPSA) is 92.3 Å². The first-order valence-electron chi connectivity index (χ1n) is 10.2. The molecule has 0 aliphatic rings. The maximum atomic E-state index is 13.0. The molecule has 0 saturated heterocycles. The van der Waals surface area contributed by atoms with Crippen LogP contribution >= 0.6 is 0 Å². The van der Waals surface area contributed by atoms with Gasteiger partial charge in [0.25, 0.3) is 5.91 Å². The molecule has 1 heterocycles. The molecule has 8 nitrogen and oxygen atoms in total. The van der Waals surface area contributed by atoms with Crippen LogP contribution in [-0.4, -0.2) is 52.6 Å². The van der Waals surface area contributed by atoms with Crippen LogP contribution in [0.5, 0.6) is 6.01 Å². The van der Waals surface area contributed by atoms with Gasteiger partial charge >= 0.3 is 18.4 Å². The monoisotopic (exact) mass is 514 g/mol. The molecule has 2 aromatic carbocycles. The molecule has 0 aliphatic carbocycles. The first-order valence-corrected chi connectivity index (χ1v) is 10.2. The van der Waals surface area contributed by atoms with E-state index in [-0.39, 0.29) is 30.0 Å². The summed E-state index contributed by atoms with van der Waals surface area (Å²) in [6, 6.07) is 9.95. The number of benzene rings is 2. The molecule has 0 spiro atoms. The number of ether oxygens (including phenoxy) is 1. The highest BCUT2D eigenvalue weighted by atomic mass is 19.4. The average Bonchev–Trinajstić information content (AvgIpc) is 2.80. The van der Waals surface area contributed by atoms with E-state index in [1.54, 1.807) is 38.4 Å². The smallest absolute Gasteiger partial charge is 0.422 e. The van der Waals surface area contributed by atoms with E-state index in [4.69, 9.17) is 0 Å². The third-order valence-electron chi connectivity index (χ3n) is 4.48. The van der Waals surface area contributed by atoms with Crippen LogP contribution in [0, 0.1) is 0 Å². The Balaban J connectivity index is 1.80. The summed E-state index contributed by atoms with van der Waals surface area (Å²) in [4.78, 5) is 24.9. The highest BCUT2D eigenvalue weighted by Crippen LogP contribution is 2.31. The number of carbonyl (C=O) groups excluding carboxylic acids is 1. The van der Waals surface area contributed by atoms with E-state index in [1.807, 2.05) is 0 Å². The Kier molecular flexibility index (Phi) is 7.85. The number of amides is 1. The quantitative estimate of drug-likeness (QED) is 0.414. The first-order chi connectivity index (χ1) is 16.8. The van der Waals surface area contributed by atoms with Gasteiger partial charge in [-0.1, -0.05) is 18.2 Å². The van der Waals surface area contributed by atoms with E-state index < -0.39 is 30.5 Å². The SMILES string of the molecule is CN(C)C(=O)c1ccc(CNc2nc(Nc3cccc(C(F)(F)F)c3)nc(OCC(F)(F)F)n2)cc1. The Morgan fingerprint density at radius 2 is 1.61 bits per heavy atom. The number of carbonyl (C=O) groups is 1. The summed E-state index contributed by atoms with van der Waals surface area (Å²) in [5.74, 6) is -0.718. The highest BCUT2D eigenvalue weighted by molar-refractivity contribution is 5.93. The molecule has 2 N–H and O–H groups in total. The third kappa shape index (κ3) is 7.71. The van der Waals surface area contributed by atoms with Crippen LogP contribution in [0.4, 0.5) is 43.9 Å². The minimum Gasteiger partial charge on any atom is -0.454 e. The minimum absolute atomic E-state index is 0.0510. The van der Waals surface area contributed by atoms with Crippen LogP contribution in [0.25, 0.3) is 0 Å². The molecular formula is C22H20F6N6O2. The molecule has 0 atom stereocenters. The summed E-state index contributed by atoms with van der Waals surface area (Å²) in [6.45, 7) is -1.57. The van der Waals surface area contributed by atoms with Crippen LogP contribution in [0.15, 0.2) is 48.5 Å². The van der Waals surface area contributed by atoms with Crippen LogP contribution in [0.3, 0.4) is 0 Å². The van der Waals surface area contributed by atoms with Crippen LogP contribution in [0.1, 0.15) is 21.5 Å². The number of nitrogens with one attached hydrogen (secondary N) is 2. The molecule has 0 radical (unpaired) electrons. The number of hydrogen-bond donors (Lipinski definition) is 2. The van der Waals surface area contributed by atoms with Crippen molar-refractivity contribution >= 4 is 23.5 Å². The highest BCUT2D eigenvalue weighted by Gasteiger charge is 2.31. The predicted molar refractivity (Wildman–Crippen MR) is 118 cm³/mol. The second kappa shape index (κ2) is 10.7. The number of halogens is 6. The van der Waals surface area contributed by atoms with Crippen LogP contribution in [-0.2, 0) is 12.7 Å². The van der Waals surface area contributed by atoms with Crippen LogP contribution < -0.4 is 15.4 Å². The van der Waals surface area contributed by atoms with Gasteiger partial charge in [-0.2, -0.15) is 41.3 Å². The van der Waals surface area contributed by atoms with E-state index in [2.05, 4.69) is 30.3 Å². The van der Waals surface area contributed by atoms with E-state index in [1.165, 1.54) is 11.0 Å². The van der Waals surface area contributed by atoms with Crippen molar-refractivity contribution in [3.8, 4) is 6.01 Å². The summed E-state index contributed by atoms with van der Waals surface area (Å²) in [5.41, 5.74) is 0.157. The van der Waals surface area contributed by atoms with Gasteiger partial charge in [0.2, 0.25) is 11.9 Å². The Morgan fingerprint density at radius 1 is 0.944 bits per heavy atom. The van der Waals surface area contributed by atoms with Gasteiger partial charge in [0, 0.05) is 31.9 Å². The Morgan fingerprint density at radius 3 is 2.22 bits per heavy atom. The summed E-state index contributed by atoms with van der Waals surface area (Å²) in [5, 5.41) is 5.31. The van der Waals surface area contributed by atoms with E-state index in [0.717, 1.165) is 18.2 Å². The van der Waals surface area contributed by atoms with Gasteiger partial charge in [-0.05, 0) is 35.9 Å². The first kappa shape index (κ1) is 26.5. The summed E-state index contributed by atoms with van der Waals surface area (Å²) < 4.78 is 81.3. The predicted octanol–water partition coefficient (Wildman–Crippen LogP) is 4.89. The minimum atomic E-state index is -4.67. The van der Waals surface area contributed by atoms with Gasteiger partial charge in [0.05, 0.1) is 5.56 Å². The average molecular weight is 514 g/mol. The molecule has 1 amide bonds. The summed E-state index contributed by atoms with van der Waals surface area (Å²) in [7, 11) is 3.23. The van der Waals surface area contributed by atoms with Crippen molar-refractivity contribution in [1.82, 2.24) is 19.9 Å². The molecule has 192 valence electrons. The third-order valence-corrected chi connectivity index (χ3v) is 4.48. The molecule has 14 heteroatoms. The molecule has 0 fully saturated rings. The molecule has 0 unspecified atom stereocenters. The fourth-order valence-electron chi connectivity index (χ4n) is 2.81. The molecule has 0 aliphatic heterocycles. The Bertz CT molecular complexity index is 1200. The van der Waals surface area contributed by atoms with Crippen molar-refractivity contribution in [3.05, 3.63) is 65.2 Å². The van der Waals surface area contributed by atoms with Crippen LogP contribution in [0.2, 0.25) is 0 Å². The fourth-order valence-corrected chi connectivity index (χ4v) is 2.81. The van der Waals surface area contributed by atoms with E-state index in [9.17, 15) is 31.1 Å². The summed E-state index contributed by atoms with van der Waals surface area (Å²) in [6.07, 6.45) is -9.27. The Hall–Kier alpha value is -4.10. The van der Waals surface area contributed by atoms with Gasteiger partial charge in [0.1, 0.15) is 0 Å². The number of rotatable bonds is 8. The maximum absolute atomic E-state index is 13.0. The second-order valence-corrected chi connectivity index (χ2v) is 7.62. The van der Waals surface area contributed by atoms with Crippen molar-refractivity contribution in [1.29, 1.82) is 0 Å². The van der Waals surface area contributed by atoms with Gasteiger partial charge < -0.3 is 20.3 Å². The van der Waals surface area contributed by atoms with Crippen molar-refractivity contribution in [2.45, 2.75) is 18.9 Å². The lowest BCUT2D eigenvalue weighted by atomic mass is 10.1. The van der Waals surface area contributed by atoms with Crippen molar-refractivity contribution in [2.75, 3.05) is 31.3 Å². The maximum Gasteiger partial charge on any atom is 0.422 e. The van der Waals surface area contributed by atoms with Gasteiger partial charge in [-0.15, -0.1) is 0 Å². The van der Waals surface area contributed by atoms with Crippen molar-refractivity contribution < 1.29 is 35.9 Å². The number of hydrogen-bond acceptors (Lipinski definition) is 7. The zero-order valence-electron chi connectivity index (χ0n) is 18.9. The zero-order chi connectivity index (χ0) is 26.5. The Labute approximate surface area is 201 Å². The number of aromatic nitrogens is 3. The van der Waals surface area contributed by atoms with E-state index in [0.29, 0.717) is 11.1 Å². The van der Waals surface area contributed by atoms with Crippen molar-refractivity contribution in [3.63, 3.8) is 0 Å². The molecule has 36 heavy (non-hydrogen) atoms. The largest absolute Gasteiger partial charge is 0.454 e. The lowest BCUT2D eigenvalue weighted by molar-refractivity contribution is -0.154. The van der Waals surface area contributed by atoms with Gasteiger partial charge in [-0.3, -0.25) is 4.79 Å². The second-order valence-electron chi connectivity index (χ2n) is 7.62.